The van der Waals surface area contributed by atoms with Crippen molar-refractivity contribution in [3.05, 3.63) is 54.0 Å². The highest BCUT2D eigenvalue weighted by Gasteiger charge is 2.24. The molecule has 3 heterocycles. The molecule has 2 N–H and O–H groups in total. The Hall–Kier alpha value is -3.46. The third-order valence-electron chi connectivity index (χ3n) is 6.35. The quantitative estimate of drug-likeness (QED) is 0.505. The number of aromatic amines is 1. The van der Waals surface area contributed by atoms with Crippen molar-refractivity contribution < 1.29 is 9.53 Å². The van der Waals surface area contributed by atoms with Gasteiger partial charge in [0.05, 0.1) is 13.2 Å². The van der Waals surface area contributed by atoms with Crippen molar-refractivity contribution in [3.63, 3.8) is 0 Å². The number of morpholine rings is 1. The zero-order valence-electron chi connectivity index (χ0n) is 19.5. The second-order valence-electron chi connectivity index (χ2n) is 8.93. The number of hydrogen-bond donors (Lipinski definition) is 2. The third-order valence-corrected chi connectivity index (χ3v) is 6.35. The predicted octanol–water partition coefficient (Wildman–Crippen LogP) is 2.52. The average Bonchev–Trinajstić information content (AvgIpc) is 3.56. The Balaban J connectivity index is 1.35. The zero-order chi connectivity index (χ0) is 23.3. The van der Waals surface area contributed by atoms with Gasteiger partial charge in [-0.2, -0.15) is 4.98 Å². The Bertz CT molecular complexity index is 1110. The molecule has 0 spiro atoms. The van der Waals surface area contributed by atoms with E-state index >= 15 is 0 Å². The molecule has 1 saturated heterocycles. The highest BCUT2D eigenvalue weighted by Crippen LogP contribution is 2.28. The van der Waals surface area contributed by atoms with Gasteiger partial charge in [-0.25, -0.2) is 9.97 Å². The number of ether oxygens (including phenoxy) is 1. The van der Waals surface area contributed by atoms with Gasteiger partial charge >= 0.3 is 0 Å². The molecule has 9 nitrogen and oxygen atoms in total. The Morgan fingerprint density at radius 2 is 2.06 bits per heavy atom. The van der Waals surface area contributed by atoms with Crippen LogP contribution >= 0.6 is 0 Å². The summed E-state index contributed by atoms with van der Waals surface area (Å²) in [4.78, 5) is 34.1. The summed E-state index contributed by atoms with van der Waals surface area (Å²) in [5.41, 5.74) is 2.69. The molecule has 0 unspecified atom stereocenters. The smallest absolute Gasteiger partial charge is 0.270 e. The van der Waals surface area contributed by atoms with E-state index < -0.39 is 0 Å². The van der Waals surface area contributed by atoms with Gasteiger partial charge < -0.3 is 24.8 Å². The largest absolute Gasteiger partial charge is 0.378 e. The molecule has 1 aliphatic heterocycles. The molecule has 9 heteroatoms. The van der Waals surface area contributed by atoms with Crippen LogP contribution in [0.1, 0.15) is 28.9 Å². The second-order valence-corrected chi connectivity index (χ2v) is 8.93. The third kappa shape index (κ3) is 5.36. The molecule has 178 valence electrons. The maximum atomic E-state index is 12.9. The van der Waals surface area contributed by atoms with E-state index in [0.29, 0.717) is 43.9 Å². The normalized spacial score (nSPS) is 15.9. The summed E-state index contributed by atoms with van der Waals surface area (Å²) in [7, 11) is 1.97. The molecule has 1 aromatic carbocycles. The fourth-order valence-electron chi connectivity index (χ4n) is 4.08. The molecule has 3 aromatic rings. The SMILES string of the molecule is CN(CCc1ccccc1-c1ncc[nH]1)c1nc(C(=O)NCC2CC2)cc(N2CCOCC2)n1. The molecule has 0 atom stereocenters. The average molecular weight is 462 g/mol. The van der Waals surface area contributed by atoms with E-state index in [9.17, 15) is 4.79 Å². The van der Waals surface area contributed by atoms with E-state index in [1.807, 2.05) is 30.3 Å². The number of H-pyrrole nitrogens is 1. The second kappa shape index (κ2) is 10.2. The van der Waals surface area contributed by atoms with Crippen LogP contribution in [0, 0.1) is 5.92 Å². The van der Waals surface area contributed by atoms with Crippen LogP contribution in [0.4, 0.5) is 11.8 Å². The first-order valence-electron chi connectivity index (χ1n) is 12.0. The number of benzene rings is 1. The number of aromatic nitrogens is 4. The molecule has 0 bridgehead atoms. The van der Waals surface area contributed by atoms with Crippen molar-refractivity contribution in [1.29, 1.82) is 0 Å². The Labute approximate surface area is 199 Å². The lowest BCUT2D eigenvalue weighted by atomic mass is 10.0. The maximum Gasteiger partial charge on any atom is 0.270 e. The van der Waals surface area contributed by atoms with Gasteiger partial charge in [0.15, 0.2) is 0 Å². The molecule has 34 heavy (non-hydrogen) atoms. The van der Waals surface area contributed by atoms with Crippen molar-refractivity contribution in [2.75, 3.05) is 56.2 Å². The Kier molecular flexibility index (Phi) is 6.71. The number of nitrogens with one attached hydrogen (secondary N) is 2. The fraction of sp³-hybridized carbons (Fsp3) is 0.440. The van der Waals surface area contributed by atoms with Gasteiger partial charge in [-0.1, -0.05) is 24.3 Å². The summed E-state index contributed by atoms with van der Waals surface area (Å²) < 4.78 is 5.50. The Morgan fingerprint density at radius 3 is 2.82 bits per heavy atom. The lowest BCUT2D eigenvalue weighted by Gasteiger charge is -2.29. The summed E-state index contributed by atoms with van der Waals surface area (Å²) >= 11 is 0. The fourth-order valence-corrected chi connectivity index (χ4v) is 4.08. The van der Waals surface area contributed by atoms with Crippen molar-refractivity contribution >= 4 is 17.7 Å². The predicted molar refractivity (Wildman–Crippen MR) is 131 cm³/mol. The van der Waals surface area contributed by atoms with Crippen molar-refractivity contribution in [1.82, 2.24) is 25.3 Å². The number of likely N-dealkylation sites (N-methyl/N-ethyl adjacent to an activating group) is 1. The van der Waals surface area contributed by atoms with E-state index in [0.717, 1.165) is 36.7 Å². The highest BCUT2D eigenvalue weighted by molar-refractivity contribution is 5.93. The van der Waals surface area contributed by atoms with Crippen LogP contribution in [0.5, 0.6) is 0 Å². The first-order valence-corrected chi connectivity index (χ1v) is 12.0. The molecule has 1 aliphatic carbocycles. The van der Waals surface area contributed by atoms with E-state index in [4.69, 9.17) is 9.72 Å². The minimum atomic E-state index is -0.137. The van der Waals surface area contributed by atoms with E-state index in [2.05, 4.69) is 37.3 Å². The highest BCUT2D eigenvalue weighted by atomic mass is 16.5. The monoisotopic (exact) mass is 461 g/mol. The molecular weight excluding hydrogens is 430 g/mol. The van der Waals surface area contributed by atoms with E-state index in [-0.39, 0.29) is 5.91 Å². The van der Waals surface area contributed by atoms with Crippen LogP contribution in [0.15, 0.2) is 42.7 Å². The van der Waals surface area contributed by atoms with Crippen LogP contribution in [0.3, 0.4) is 0 Å². The van der Waals surface area contributed by atoms with Gasteiger partial charge in [-0.05, 0) is 30.7 Å². The molecule has 5 rings (SSSR count). The number of carbonyl (C=O) groups excluding carboxylic acids is 1. The number of carbonyl (C=O) groups is 1. The lowest BCUT2D eigenvalue weighted by molar-refractivity contribution is 0.0946. The minimum absolute atomic E-state index is 0.137. The summed E-state index contributed by atoms with van der Waals surface area (Å²) in [6, 6.07) is 10.1. The summed E-state index contributed by atoms with van der Waals surface area (Å²) in [5, 5.41) is 3.04. The molecule has 0 radical (unpaired) electrons. The number of anilines is 2. The number of nitrogens with zero attached hydrogens (tertiary/aromatic N) is 5. The van der Waals surface area contributed by atoms with E-state index in [1.54, 1.807) is 12.3 Å². The maximum absolute atomic E-state index is 12.9. The van der Waals surface area contributed by atoms with Gasteiger partial charge in [-0.15, -0.1) is 0 Å². The van der Waals surface area contributed by atoms with Gasteiger partial charge in [-0.3, -0.25) is 4.79 Å². The van der Waals surface area contributed by atoms with Gasteiger partial charge in [0, 0.05) is 57.3 Å². The van der Waals surface area contributed by atoms with Crippen LogP contribution in [0.2, 0.25) is 0 Å². The zero-order valence-corrected chi connectivity index (χ0v) is 19.5. The molecule has 2 aliphatic rings. The first kappa shape index (κ1) is 22.3. The topological polar surface area (TPSA) is 99.3 Å². The van der Waals surface area contributed by atoms with Gasteiger partial charge in [0.1, 0.15) is 17.3 Å². The molecule has 1 saturated carbocycles. The summed E-state index contributed by atoms with van der Waals surface area (Å²) in [6.07, 6.45) is 6.77. The number of amides is 1. The van der Waals surface area contributed by atoms with Crippen LogP contribution in [0.25, 0.3) is 11.4 Å². The lowest BCUT2D eigenvalue weighted by Crippen LogP contribution is -2.37. The van der Waals surface area contributed by atoms with Crippen molar-refractivity contribution in [2.24, 2.45) is 5.92 Å². The molecule has 1 amide bonds. The summed E-state index contributed by atoms with van der Waals surface area (Å²) in [5.74, 6) is 2.66. The minimum Gasteiger partial charge on any atom is -0.378 e. The summed E-state index contributed by atoms with van der Waals surface area (Å²) in [6.45, 7) is 4.22. The molecule has 2 fully saturated rings. The van der Waals surface area contributed by atoms with Crippen molar-refractivity contribution in [3.8, 4) is 11.4 Å². The Morgan fingerprint density at radius 1 is 1.24 bits per heavy atom. The van der Waals surface area contributed by atoms with Crippen molar-refractivity contribution in [2.45, 2.75) is 19.3 Å². The first-order chi connectivity index (χ1) is 16.7. The van der Waals surface area contributed by atoms with E-state index in [1.165, 1.54) is 18.4 Å². The van der Waals surface area contributed by atoms with Crippen LogP contribution in [-0.4, -0.2) is 72.3 Å². The standard InChI is InChI=1S/C25H31N7O2/c1-31(11-8-19-4-2-3-5-20(19)23-26-9-10-27-23)25-29-21(24(33)28-17-18-6-7-18)16-22(30-25)32-12-14-34-15-13-32/h2-5,9-10,16,18H,6-8,11-15,17H2,1H3,(H,26,27)(H,28,33). The van der Waals surface area contributed by atoms with Gasteiger partial charge in [0.25, 0.3) is 5.91 Å². The van der Waals surface area contributed by atoms with Crippen LogP contribution in [-0.2, 0) is 11.2 Å². The molecular formula is C25H31N7O2. The molecule has 2 aromatic heterocycles. The number of imidazole rings is 1. The number of rotatable bonds is 9. The number of hydrogen-bond acceptors (Lipinski definition) is 7. The van der Waals surface area contributed by atoms with Gasteiger partial charge in [0.2, 0.25) is 5.95 Å². The van der Waals surface area contributed by atoms with Crippen LogP contribution < -0.4 is 15.1 Å².